The molecule has 8 rings (SSSR count). The number of piperidine rings is 1. The summed E-state index contributed by atoms with van der Waals surface area (Å²) in [5.41, 5.74) is 3.16. The summed E-state index contributed by atoms with van der Waals surface area (Å²) in [5.74, 6) is -2.54. The monoisotopic (exact) mass is 966 g/mol. The summed E-state index contributed by atoms with van der Waals surface area (Å²) < 4.78 is 17.5. The highest BCUT2D eigenvalue weighted by Gasteiger charge is 2.46. The summed E-state index contributed by atoms with van der Waals surface area (Å²) in [6.45, 7) is 8.82. The Bertz CT molecular complexity index is 2560. The summed E-state index contributed by atoms with van der Waals surface area (Å²) in [6.07, 6.45) is 5.61. The van der Waals surface area contributed by atoms with Crippen LogP contribution in [0, 0.1) is 6.92 Å². The largest absolute Gasteiger partial charge is 0.496 e. The number of nitrogens with one attached hydrogen (secondary N) is 3. The number of fused-ring (bicyclic) bond motifs is 1. The van der Waals surface area contributed by atoms with Crippen molar-refractivity contribution in [2.75, 3.05) is 89.5 Å². The van der Waals surface area contributed by atoms with Gasteiger partial charge in [0, 0.05) is 68.4 Å². The Morgan fingerprint density at radius 2 is 1.68 bits per heavy atom. The van der Waals surface area contributed by atoms with E-state index in [4.69, 9.17) is 14.2 Å². The number of nitrogens with zero attached hydrogens (tertiary/aromatic N) is 5. The first kappa shape index (κ1) is 48.1. The molecule has 358 valence electrons. The summed E-state index contributed by atoms with van der Waals surface area (Å²) >= 11 is 2.86. The van der Waals surface area contributed by atoms with E-state index < -0.39 is 29.7 Å². The van der Waals surface area contributed by atoms with Crippen molar-refractivity contribution in [3.8, 4) is 11.5 Å². The molecule has 18 nitrogen and oxygen atoms in total. The van der Waals surface area contributed by atoms with Crippen LogP contribution < -0.4 is 30.3 Å². The molecule has 0 radical (unpaired) electrons. The van der Waals surface area contributed by atoms with Crippen LogP contribution in [0.5, 0.6) is 11.5 Å². The lowest BCUT2D eigenvalue weighted by molar-refractivity contribution is -0.136. The standard InChI is InChI=1S/C48H54N8O10S2/c1-30-26-37(64-2)34(45(61)55-22-24-65-25-23-55)27-38(30)67-41-28-50-48(68-41)52-43(59)31-10-12-32(13-11-31)54-20-18-53(19-21-54)17-6-4-3-5-16-49-40(58)29-66-36-9-7-8-33-42(36)47(63)56(46(33)62)35-14-15-39(57)51-44(35)60/h7-13,26-28,35H,3-6,14-25,29H2,1-2H3,(H,49,58)(H,50,52,59)(H,51,57,60). The number of rotatable bonds is 18. The van der Waals surface area contributed by atoms with Gasteiger partial charge in [0.2, 0.25) is 11.8 Å². The minimum Gasteiger partial charge on any atom is -0.496 e. The highest BCUT2D eigenvalue weighted by atomic mass is 32.2. The molecule has 20 heteroatoms. The van der Waals surface area contributed by atoms with Crippen molar-refractivity contribution in [1.82, 2.24) is 30.3 Å². The molecule has 4 aliphatic heterocycles. The number of amides is 7. The normalized spacial score (nSPS) is 17.5. The van der Waals surface area contributed by atoms with E-state index >= 15 is 0 Å². The molecule has 1 aromatic heterocycles. The Morgan fingerprint density at radius 1 is 0.912 bits per heavy atom. The molecule has 0 aliphatic carbocycles. The average molecular weight is 967 g/mol. The molecule has 0 spiro atoms. The number of carbonyl (C=O) groups is 7. The molecule has 1 unspecified atom stereocenters. The number of unbranched alkanes of at least 4 members (excludes halogenated alkanes) is 3. The third-order valence-corrected chi connectivity index (χ3v) is 14.5. The van der Waals surface area contributed by atoms with E-state index in [1.54, 1.807) is 24.3 Å². The number of aromatic nitrogens is 1. The van der Waals surface area contributed by atoms with Crippen LogP contribution in [0.2, 0.25) is 0 Å². The van der Waals surface area contributed by atoms with Crippen LogP contribution in [0.3, 0.4) is 0 Å². The van der Waals surface area contributed by atoms with Gasteiger partial charge < -0.3 is 29.3 Å². The van der Waals surface area contributed by atoms with Crippen molar-refractivity contribution in [3.63, 3.8) is 0 Å². The molecule has 5 heterocycles. The fourth-order valence-corrected chi connectivity index (χ4v) is 10.5. The van der Waals surface area contributed by atoms with Gasteiger partial charge in [-0.3, -0.25) is 54.0 Å². The van der Waals surface area contributed by atoms with Gasteiger partial charge in [-0.1, -0.05) is 42.0 Å². The fourth-order valence-electron chi connectivity index (χ4n) is 8.58. The van der Waals surface area contributed by atoms with Crippen molar-refractivity contribution in [1.29, 1.82) is 0 Å². The van der Waals surface area contributed by atoms with Crippen LogP contribution in [0.1, 0.15) is 85.5 Å². The molecule has 7 amide bonds. The van der Waals surface area contributed by atoms with E-state index in [0.717, 1.165) is 83.7 Å². The lowest BCUT2D eigenvalue weighted by Crippen LogP contribution is -2.54. The van der Waals surface area contributed by atoms with E-state index in [1.807, 2.05) is 43.3 Å². The minimum absolute atomic E-state index is 0.00355. The molecular formula is C48H54N8O10S2. The summed E-state index contributed by atoms with van der Waals surface area (Å²) in [4.78, 5) is 102. The number of thiazole rings is 1. The number of hydrogen-bond acceptors (Lipinski definition) is 15. The van der Waals surface area contributed by atoms with Crippen LogP contribution in [-0.4, -0.2) is 146 Å². The second-order valence-corrected chi connectivity index (χ2v) is 19.2. The number of methoxy groups -OCH3 is 1. The minimum atomic E-state index is -1.09. The zero-order valence-corrected chi connectivity index (χ0v) is 39.6. The molecule has 68 heavy (non-hydrogen) atoms. The van der Waals surface area contributed by atoms with Gasteiger partial charge in [0.15, 0.2) is 11.7 Å². The number of ether oxygens (including phenoxy) is 3. The first-order valence-electron chi connectivity index (χ1n) is 22.8. The van der Waals surface area contributed by atoms with Gasteiger partial charge in [-0.15, -0.1) is 0 Å². The molecule has 0 saturated carbocycles. The predicted molar refractivity (Wildman–Crippen MR) is 254 cm³/mol. The molecule has 3 saturated heterocycles. The number of piperazine rings is 1. The number of anilines is 2. The zero-order valence-electron chi connectivity index (χ0n) is 38.0. The Balaban J connectivity index is 0.704. The van der Waals surface area contributed by atoms with Crippen LogP contribution in [-0.2, 0) is 19.1 Å². The number of imide groups is 2. The van der Waals surface area contributed by atoms with Gasteiger partial charge in [-0.25, -0.2) is 4.98 Å². The Hall–Kier alpha value is -6.35. The van der Waals surface area contributed by atoms with Crippen LogP contribution in [0.4, 0.5) is 10.8 Å². The Kier molecular flexibility index (Phi) is 15.7. The van der Waals surface area contributed by atoms with Crippen LogP contribution in [0.15, 0.2) is 69.9 Å². The van der Waals surface area contributed by atoms with Crippen molar-refractivity contribution in [2.45, 2.75) is 60.6 Å². The van der Waals surface area contributed by atoms with Gasteiger partial charge in [0.25, 0.3) is 29.5 Å². The average Bonchev–Trinajstić information content (AvgIpc) is 3.90. The van der Waals surface area contributed by atoms with Gasteiger partial charge in [-0.2, -0.15) is 0 Å². The van der Waals surface area contributed by atoms with Crippen molar-refractivity contribution in [3.05, 3.63) is 88.6 Å². The van der Waals surface area contributed by atoms with Gasteiger partial charge in [0.05, 0.1) is 47.4 Å². The first-order valence-corrected chi connectivity index (χ1v) is 24.4. The van der Waals surface area contributed by atoms with E-state index in [-0.39, 0.29) is 54.0 Å². The SMILES string of the molecule is COc1cc(C)c(Sc2cnc(NC(=O)c3ccc(N4CCN(CCCCCCNC(=O)COc5cccc6c5C(=O)N(C5CCC(=O)NC5=O)C6=O)CC4)cc3)s2)cc1C(=O)N1CCOCC1. The third-order valence-electron chi connectivity index (χ3n) is 12.3. The molecule has 4 aromatic rings. The smallest absolute Gasteiger partial charge is 0.266 e. The van der Waals surface area contributed by atoms with Gasteiger partial charge in [0.1, 0.15) is 17.5 Å². The molecule has 4 aliphatic rings. The highest BCUT2D eigenvalue weighted by Crippen LogP contribution is 2.39. The molecule has 3 fully saturated rings. The summed E-state index contributed by atoms with van der Waals surface area (Å²) in [7, 11) is 1.57. The van der Waals surface area contributed by atoms with E-state index in [2.05, 4.69) is 30.7 Å². The van der Waals surface area contributed by atoms with Gasteiger partial charge in [-0.05, 0) is 86.8 Å². The number of hydrogen-bond donors (Lipinski definition) is 3. The third kappa shape index (κ3) is 11.3. The van der Waals surface area contributed by atoms with Crippen molar-refractivity contribution in [2.24, 2.45) is 0 Å². The lowest BCUT2D eigenvalue weighted by Gasteiger charge is -2.36. The molecule has 3 aromatic carbocycles. The molecule has 0 bridgehead atoms. The topological polar surface area (TPSA) is 209 Å². The second-order valence-electron chi connectivity index (χ2n) is 16.8. The van der Waals surface area contributed by atoms with Crippen molar-refractivity contribution >= 4 is 75.3 Å². The maximum atomic E-state index is 13.3. The number of carbonyl (C=O) groups excluding carboxylic acids is 7. The zero-order chi connectivity index (χ0) is 47.7. The summed E-state index contributed by atoms with van der Waals surface area (Å²) in [6, 6.07) is 14.8. The number of benzene rings is 3. The maximum Gasteiger partial charge on any atom is 0.266 e. The quantitative estimate of drug-likeness (QED) is 0.0920. The lowest BCUT2D eigenvalue weighted by atomic mass is 10.0. The molecular weight excluding hydrogens is 913 g/mol. The van der Waals surface area contributed by atoms with Crippen molar-refractivity contribution < 1.29 is 47.8 Å². The number of morpholine rings is 1. The highest BCUT2D eigenvalue weighted by molar-refractivity contribution is 8.01. The maximum absolute atomic E-state index is 13.3. The predicted octanol–water partition coefficient (Wildman–Crippen LogP) is 4.61. The number of aryl methyl sites for hydroxylation is 1. The van der Waals surface area contributed by atoms with E-state index in [0.29, 0.717) is 54.9 Å². The van der Waals surface area contributed by atoms with E-state index in [1.165, 1.54) is 35.2 Å². The molecule has 1 atom stereocenters. The van der Waals surface area contributed by atoms with Gasteiger partial charge >= 0.3 is 0 Å². The van der Waals surface area contributed by atoms with E-state index in [9.17, 15) is 33.6 Å². The Morgan fingerprint density at radius 3 is 2.43 bits per heavy atom. The second kappa shape index (κ2) is 22.2. The van der Waals surface area contributed by atoms with Crippen LogP contribution >= 0.6 is 23.1 Å². The first-order chi connectivity index (χ1) is 33.0. The fraction of sp³-hybridized carbons (Fsp3) is 0.417. The summed E-state index contributed by atoms with van der Waals surface area (Å²) in [5, 5.41) is 8.44. The Labute approximate surface area is 402 Å². The van der Waals surface area contributed by atoms with Crippen LogP contribution in [0.25, 0.3) is 0 Å². The molecule has 3 N–H and O–H groups in total.